The van der Waals surface area contributed by atoms with Crippen molar-refractivity contribution in [2.75, 3.05) is 13.7 Å². The molecule has 0 unspecified atom stereocenters. The first kappa shape index (κ1) is 11.6. The third kappa shape index (κ3) is 1.81. The molecule has 0 bridgehead atoms. The molecule has 3 rings (SSSR count). The van der Waals surface area contributed by atoms with E-state index in [4.69, 9.17) is 14.6 Å². The maximum absolute atomic E-state index is 11.2. The van der Waals surface area contributed by atoms with E-state index in [1.165, 1.54) is 13.2 Å². The van der Waals surface area contributed by atoms with Gasteiger partial charge in [-0.2, -0.15) is 0 Å². The van der Waals surface area contributed by atoms with Crippen molar-refractivity contribution in [3.05, 3.63) is 30.2 Å². The molecule has 0 radical (unpaired) electrons. The SMILES string of the molecule is COc1cc(C(=O)O)cc2c1OCCn1cncc1-2. The molecule has 0 saturated carbocycles. The number of aromatic nitrogens is 2. The molecule has 0 fully saturated rings. The maximum atomic E-state index is 11.2. The maximum Gasteiger partial charge on any atom is 0.335 e. The molecule has 2 heterocycles. The van der Waals surface area contributed by atoms with Gasteiger partial charge in [0.05, 0.1) is 37.4 Å². The molecule has 1 N–H and O–H groups in total. The molecule has 98 valence electrons. The van der Waals surface area contributed by atoms with Crippen LogP contribution in [0.4, 0.5) is 0 Å². The predicted octanol–water partition coefficient (Wildman–Crippen LogP) is 1.65. The number of carboxylic acids is 1. The molecule has 0 atom stereocenters. The third-order valence-corrected chi connectivity index (χ3v) is 3.09. The Balaban J connectivity index is 2.28. The first-order chi connectivity index (χ1) is 9.20. The van der Waals surface area contributed by atoms with Crippen molar-refractivity contribution in [1.82, 2.24) is 9.55 Å². The summed E-state index contributed by atoms with van der Waals surface area (Å²) in [6.07, 6.45) is 3.40. The van der Waals surface area contributed by atoms with Crippen LogP contribution in [0.2, 0.25) is 0 Å². The van der Waals surface area contributed by atoms with E-state index in [0.717, 1.165) is 5.69 Å². The highest BCUT2D eigenvalue weighted by molar-refractivity contribution is 5.91. The normalized spacial score (nSPS) is 12.9. The zero-order chi connectivity index (χ0) is 13.4. The number of ether oxygens (including phenoxy) is 2. The summed E-state index contributed by atoms with van der Waals surface area (Å²) in [4.78, 5) is 15.3. The van der Waals surface area contributed by atoms with Gasteiger partial charge in [-0.15, -0.1) is 0 Å². The van der Waals surface area contributed by atoms with Crippen LogP contribution in [-0.2, 0) is 6.54 Å². The standard InChI is InChI=1S/C13H12N2O4/c1-18-11-5-8(13(16)17)4-9-10-6-14-7-15(10)2-3-19-12(9)11/h4-7H,2-3H2,1H3,(H,16,17). The molecule has 6 nitrogen and oxygen atoms in total. The molecule has 1 aromatic heterocycles. The van der Waals surface area contributed by atoms with E-state index in [2.05, 4.69) is 4.98 Å². The van der Waals surface area contributed by atoms with Crippen LogP contribution in [0, 0.1) is 0 Å². The van der Waals surface area contributed by atoms with Gasteiger partial charge < -0.3 is 19.1 Å². The fourth-order valence-electron chi connectivity index (χ4n) is 2.19. The van der Waals surface area contributed by atoms with Gasteiger partial charge in [-0.3, -0.25) is 0 Å². The van der Waals surface area contributed by atoms with Gasteiger partial charge in [0.25, 0.3) is 0 Å². The largest absolute Gasteiger partial charge is 0.493 e. The van der Waals surface area contributed by atoms with E-state index in [1.54, 1.807) is 18.6 Å². The van der Waals surface area contributed by atoms with Gasteiger partial charge in [0, 0.05) is 5.56 Å². The third-order valence-electron chi connectivity index (χ3n) is 3.09. The number of hydrogen-bond donors (Lipinski definition) is 1. The Labute approximate surface area is 109 Å². The monoisotopic (exact) mass is 260 g/mol. The predicted molar refractivity (Wildman–Crippen MR) is 66.7 cm³/mol. The second kappa shape index (κ2) is 4.31. The number of hydrogen-bond acceptors (Lipinski definition) is 4. The summed E-state index contributed by atoms with van der Waals surface area (Å²) in [5.74, 6) is -0.0206. The quantitative estimate of drug-likeness (QED) is 0.888. The Morgan fingerprint density at radius 2 is 2.37 bits per heavy atom. The summed E-state index contributed by atoms with van der Waals surface area (Å²) in [5, 5.41) is 9.16. The number of fused-ring (bicyclic) bond motifs is 3. The van der Waals surface area contributed by atoms with E-state index < -0.39 is 5.97 Å². The van der Waals surface area contributed by atoms with Crippen LogP contribution in [-0.4, -0.2) is 34.3 Å². The number of rotatable bonds is 2. The zero-order valence-electron chi connectivity index (χ0n) is 10.3. The number of carbonyl (C=O) groups is 1. The summed E-state index contributed by atoms with van der Waals surface area (Å²) < 4.78 is 12.8. The summed E-state index contributed by atoms with van der Waals surface area (Å²) in [7, 11) is 1.49. The van der Waals surface area contributed by atoms with Crippen LogP contribution in [0.25, 0.3) is 11.3 Å². The fourth-order valence-corrected chi connectivity index (χ4v) is 2.19. The number of nitrogens with zero attached hydrogens (tertiary/aromatic N) is 2. The van der Waals surface area contributed by atoms with Gasteiger partial charge in [0.1, 0.15) is 6.61 Å². The lowest BCUT2D eigenvalue weighted by Gasteiger charge is -2.12. The molecule has 0 amide bonds. The summed E-state index contributed by atoms with van der Waals surface area (Å²) >= 11 is 0. The highest BCUT2D eigenvalue weighted by Gasteiger charge is 2.22. The van der Waals surface area contributed by atoms with Gasteiger partial charge in [-0.05, 0) is 12.1 Å². The molecule has 6 heteroatoms. The first-order valence-electron chi connectivity index (χ1n) is 5.79. The average Bonchev–Trinajstić information content (AvgIpc) is 2.80. The molecule has 19 heavy (non-hydrogen) atoms. The molecule has 0 spiro atoms. The summed E-state index contributed by atoms with van der Waals surface area (Å²) in [6.45, 7) is 1.15. The number of benzene rings is 1. The van der Waals surface area contributed by atoms with Crippen LogP contribution in [0.3, 0.4) is 0 Å². The van der Waals surface area contributed by atoms with Crippen molar-refractivity contribution in [3.63, 3.8) is 0 Å². The Morgan fingerprint density at radius 1 is 1.53 bits per heavy atom. The second-order valence-corrected chi connectivity index (χ2v) is 4.18. The molecule has 1 aromatic carbocycles. The lowest BCUT2D eigenvalue weighted by molar-refractivity contribution is 0.0696. The van der Waals surface area contributed by atoms with Crippen molar-refractivity contribution < 1.29 is 19.4 Å². The van der Waals surface area contributed by atoms with Crippen molar-refractivity contribution in [3.8, 4) is 22.8 Å². The fraction of sp³-hybridized carbons (Fsp3) is 0.231. The lowest BCUT2D eigenvalue weighted by atomic mass is 10.1. The second-order valence-electron chi connectivity index (χ2n) is 4.18. The number of carboxylic acid groups (broad SMARTS) is 1. The molecular weight excluding hydrogens is 248 g/mol. The highest BCUT2D eigenvalue weighted by atomic mass is 16.5. The van der Waals surface area contributed by atoms with Crippen LogP contribution < -0.4 is 9.47 Å². The van der Waals surface area contributed by atoms with Gasteiger partial charge in [0.2, 0.25) is 0 Å². The Kier molecular flexibility index (Phi) is 2.63. The van der Waals surface area contributed by atoms with E-state index in [-0.39, 0.29) is 5.56 Å². The van der Waals surface area contributed by atoms with Gasteiger partial charge in [0.15, 0.2) is 11.5 Å². The highest BCUT2D eigenvalue weighted by Crippen LogP contribution is 2.40. The molecule has 1 aliphatic heterocycles. The topological polar surface area (TPSA) is 73.6 Å². The minimum absolute atomic E-state index is 0.161. The first-order valence-corrected chi connectivity index (χ1v) is 5.79. The number of aromatic carboxylic acids is 1. The van der Waals surface area contributed by atoms with Crippen LogP contribution in [0.5, 0.6) is 11.5 Å². The van der Waals surface area contributed by atoms with E-state index >= 15 is 0 Å². The smallest absolute Gasteiger partial charge is 0.335 e. The summed E-state index contributed by atoms with van der Waals surface area (Å²) in [6, 6.07) is 3.05. The van der Waals surface area contributed by atoms with Crippen LogP contribution in [0.1, 0.15) is 10.4 Å². The van der Waals surface area contributed by atoms with Crippen LogP contribution in [0.15, 0.2) is 24.7 Å². The van der Waals surface area contributed by atoms with Gasteiger partial charge >= 0.3 is 5.97 Å². The number of imidazole rings is 1. The van der Waals surface area contributed by atoms with Crippen molar-refractivity contribution >= 4 is 5.97 Å². The molecule has 0 aliphatic carbocycles. The average molecular weight is 260 g/mol. The van der Waals surface area contributed by atoms with Gasteiger partial charge in [-0.1, -0.05) is 0 Å². The molecule has 0 saturated heterocycles. The van der Waals surface area contributed by atoms with Crippen LogP contribution >= 0.6 is 0 Å². The van der Waals surface area contributed by atoms with Gasteiger partial charge in [-0.25, -0.2) is 9.78 Å². The Bertz CT molecular complexity index is 648. The number of methoxy groups -OCH3 is 1. The zero-order valence-corrected chi connectivity index (χ0v) is 10.3. The van der Waals surface area contributed by atoms with Crippen molar-refractivity contribution in [2.24, 2.45) is 0 Å². The van der Waals surface area contributed by atoms with E-state index in [9.17, 15) is 4.79 Å². The minimum Gasteiger partial charge on any atom is -0.493 e. The van der Waals surface area contributed by atoms with E-state index in [0.29, 0.717) is 30.2 Å². The van der Waals surface area contributed by atoms with E-state index in [1.807, 2.05) is 4.57 Å². The summed E-state index contributed by atoms with van der Waals surface area (Å²) in [5.41, 5.74) is 1.68. The van der Waals surface area contributed by atoms with Crippen molar-refractivity contribution in [1.29, 1.82) is 0 Å². The lowest BCUT2D eigenvalue weighted by Crippen LogP contribution is -2.05. The molecule has 2 aromatic rings. The molecule has 1 aliphatic rings. The Morgan fingerprint density at radius 3 is 3.11 bits per heavy atom. The molecular formula is C13H12N2O4. The minimum atomic E-state index is -1.00. The van der Waals surface area contributed by atoms with Crippen molar-refractivity contribution in [2.45, 2.75) is 6.54 Å². The Hall–Kier alpha value is -2.50.